The molecule has 2 atom stereocenters. The van der Waals surface area contributed by atoms with Gasteiger partial charge in [-0.15, -0.1) is 0 Å². The summed E-state index contributed by atoms with van der Waals surface area (Å²) < 4.78 is 27.7. The van der Waals surface area contributed by atoms with Crippen LogP contribution >= 0.6 is 0 Å². The SMILES string of the molecule is CC(=O)[C@@H](C)[C@H](NS(=O)(=O)c1ccccc1)c1ccccc1. The lowest BCUT2D eigenvalue weighted by molar-refractivity contribution is -0.120. The van der Waals surface area contributed by atoms with E-state index in [0.29, 0.717) is 0 Å². The molecule has 0 unspecified atom stereocenters. The average Bonchev–Trinajstić information content (AvgIpc) is 2.53. The van der Waals surface area contributed by atoms with E-state index in [2.05, 4.69) is 4.72 Å². The van der Waals surface area contributed by atoms with Crippen molar-refractivity contribution in [1.29, 1.82) is 0 Å². The number of benzene rings is 2. The second-order valence-corrected chi connectivity index (χ2v) is 6.94. The zero-order valence-corrected chi connectivity index (χ0v) is 13.4. The van der Waals surface area contributed by atoms with Crippen LogP contribution in [0.15, 0.2) is 65.6 Å². The number of ketones is 1. The largest absolute Gasteiger partial charge is 0.300 e. The van der Waals surface area contributed by atoms with Crippen molar-refractivity contribution in [1.82, 2.24) is 4.72 Å². The summed E-state index contributed by atoms with van der Waals surface area (Å²) in [6.07, 6.45) is 0. The standard InChI is InChI=1S/C17H19NO3S/c1-13(14(2)19)17(15-9-5-3-6-10-15)18-22(20,21)16-11-7-4-8-12-16/h3-13,17-18H,1-2H3/t13-,17+/m1/s1. The van der Waals surface area contributed by atoms with E-state index < -0.39 is 22.0 Å². The molecule has 2 rings (SSSR count). The molecule has 0 aromatic heterocycles. The van der Waals surface area contributed by atoms with Crippen molar-refractivity contribution in [3.8, 4) is 0 Å². The molecule has 0 radical (unpaired) electrons. The van der Waals surface area contributed by atoms with Crippen LogP contribution in [0, 0.1) is 5.92 Å². The third-order valence-corrected chi connectivity index (χ3v) is 5.09. The fraction of sp³-hybridized carbons (Fsp3) is 0.235. The van der Waals surface area contributed by atoms with Crippen LogP contribution in [0.25, 0.3) is 0 Å². The van der Waals surface area contributed by atoms with Gasteiger partial charge in [0, 0.05) is 5.92 Å². The molecule has 0 spiro atoms. The number of hydrogen-bond acceptors (Lipinski definition) is 3. The maximum atomic E-state index is 12.5. The van der Waals surface area contributed by atoms with Crippen molar-refractivity contribution < 1.29 is 13.2 Å². The maximum Gasteiger partial charge on any atom is 0.241 e. The topological polar surface area (TPSA) is 63.2 Å². The van der Waals surface area contributed by atoms with E-state index in [0.717, 1.165) is 5.56 Å². The summed E-state index contributed by atoms with van der Waals surface area (Å²) in [5.74, 6) is -0.523. The molecule has 1 N–H and O–H groups in total. The minimum absolute atomic E-state index is 0.0652. The predicted octanol–water partition coefficient (Wildman–Crippen LogP) is 2.93. The van der Waals surface area contributed by atoms with Crippen LogP contribution in [0.4, 0.5) is 0 Å². The summed E-state index contributed by atoms with van der Waals surface area (Å²) in [5.41, 5.74) is 0.768. The first-order valence-corrected chi connectivity index (χ1v) is 8.53. The second kappa shape index (κ2) is 6.85. The number of nitrogens with one attached hydrogen (secondary N) is 1. The molecule has 0 amide bonds. The molecule has 0 fully saturated rings. The van der Waals surface area contributed by atoms with Crippen molar-refractivity contribution >= 4 is 15.8 Å². The Morgan fingerprint density at radius 3 is 1.95 bits per heavy atom. The summed E-state index contributed by atoms with van der Waals surface area (Å²) in [4.78, 5) is 11.9. The van der Waals surface area contributed by atoms with Crippen molar-refractivity contribution in [3.63, 3.8) is 0 Å². The van der Waals surface area contributed by atoms with Gasteiger partial charge in [-0.3, -0.25) is 4.79 Å². The number of Topliss-reactive ketones (excluding diaryl/α,β-unsaturated/α-hetero) is 1. The van der Waals surface area contributed by atoms with Gasteiger partial charge in [-0.25, -0.2) is 13.1 Å². The first-order valence-electron chi connectivity index (χ1n) is 7.04. The fourth-order valence-electron chi connectivity index (χ4n) is 2.19. The van der Waals surface area contributed by atoms with Gasteiger partial charge in [-0.05, 0) is 24.6 Å². The Labute approximate surface area is 131 Å². The number of carbonyl (C=O) groups excluding carboxylic acids is 1. The number of sulfonamides is 1. The molecule has 116 valence electrons. The highest BCUT2D eigenvalue weighted by Crippen LogP contribution is 2.25. The van der Waals surface area contributed by atoms with E-state index in [-0.39, 0.29) is 10.7 Å². The molecular weight excluding hydrogens is 298 g/mol. The van der Waals surface area contributed by atoms with Gasteiger partial charge >= 0.3 is 0 Å². The number of carbonyl (C=O) groups is 1. The van der Waals surface area contributed by atoms with Crippen molar-refractivity contribution in [2.45, 2.75) is 24.8 Å². The van der Waals surface area contributed by atoms with E-state index >= 15 is 0 Å². The highest BCUT2D eigenvalue weighted by atomic mass is 32.2. The second-order valence-electron chi connectivity index (χ2n) is 5.22. The molecule has 22 heavy (non-hydrogen) atoms. The quantitative estimate of drug-likeness (QED) is 0.891. The van der Waals surface area contributed by atoms with Gasteiger partial charge < -0.3 is 0 Å². The summed E-state index contributed by atoms with van der Waals surface area (Å²) in [7, 11) is -3.69. The predicted molar refractivity (Wildman–Crippen MR) is 85.8 cm³/mol. The zero-order valence-electron chi connectivity index (χ0n) is 12.6. The van der Waals surface area contributed by atoms with Crippen molar-refractivity contribution in [2.75, 3.05) is 0 Å². The molecule has 0 aliphatic carbocycles. The number of hydrogen-bond donors (Lipinski definition) is 1. The zero-order chi connectivity index (χ0) is 16.2. The van der Waals surface area contributed by atoms with E-state index in [9.17, 15) is 13.2 Å². The van der Waals surface area contributed by atoms with Crippen LogP contribution in [0.1, 0.15) is 25.5 Å². The first kappa shape index (κ1) is 16.4. The lowest BCUT2D eigenvalue weighted by Crippen LogP contribution is -2.35. The van der Waals surface area contributed by atoms with E-state index in [1.54, 1.807) is 25.1 Å². The third kappa shape index (κ3) is 3.81. The highest BCUT2D eigenvalue weighted by molar-refractivity contribution is 7.89. The summed E-state index contributed by atoms with van der Waals surface area (Å²) >= 11 is 0. The van der Waals surface area contributed by atoms with Gasteiger partial charge in [0.1, 0.15) is 5.78 Å². The van der Waals surface area contributed by atoms with Crippen LogP contribution in [-0.2, 0) is 14.8 Å². The monoisotopic (exact) mass is 317 g/mol. The minimum Gasteiger partial charge on any atom is -0.300 e. The maximum absolute atomic E-state index is 12.5. The fourth-order valence-corrected chi connectivity index (χ4v) is 3.51. The molecule has 5 heteroatoms. The molecule has 2 aromatic rings. The minimum atomic E-state index is -3.69. The van der Waals surface area contributed by atoms with Gasteiger partial charge in [0.2, 0.25) is 10.0 Å². The van der Waals surface area contributed by atoms with Crippen LogP contribution in [-0.4, -0.2) is 14.2 Å². The van der Waals surface area contributed by atoms with Crippen LogP contribution in [0.2, 0.25) is 0 Å². The van der Waals surface area contributed by atoms with Gasteiger partial charge in [0.25, 0.3) is 0 Å². The summed E-state index contributed by atoms with van der Waals surface area (Å²) in [6, 6.07) is 16.7. The Morgan fingerprint density at radius 2 is 1.45 bits per heavy atom. The molecule has 0 heterocycles. The average molecular weight is 317 g/mol. The van der Waals surface area contributed by atoms with E-state index in [1.807, 2.05) is 30.3 Å². The Morgan fingerprint density at radius 1 is 0.955 bits per heavy atom. The summed E-state index contributed by atoms with van der Waals surface area (Å²) in [6.45, 7) is 3.20. The molecule has 0 saturated heterocycles. The molecule has 0 saturated carbocycles. The Hall–Kier alpha value is -1.98. The van der Waals surface area contributed by atoms with Gasteiger partial charge in [-0.2, -0.15) is 0 Å². The Kier molecular flexibility index (Phi) is 5.11. The van der Waals surface area contributed by atoms with Gasteiger partial charge in [-0.1, -0.05) is 55.5 Å². The molecule has 0 bridgehead atoms. The molecule has 4 nitrogen and oxygen atoms in total. The Balaban J connectivity index is 2.37. The van der Waals surface area contributed by atoms with E-state index in [4.69, 9.17) is 0 Å². The van der Waals surface area contributed by atoms with Gasteiger partial charge in [0.05, 0.1) is 10.9 Å². The highest BCUT2D eigenvalue weighted by Gasteiger charge is 2.28. The van der Waals surface area contributed by atoms with Gasteiger partial charge in [0.15, 0.2) is 0 Å². The smallest absolute Gasteiger partial charge is 0.241 e. The third-order valence-electron chi connectivity index (χ3n) is 3.64. The molecular formula is C17H19NO3S. The van der Waals surface area contributed by atoms with Crippen molar-refractivity contribution in [2.24, 2.45) is 5.92 Å². The molecule has 0 aliphatic heterocycles. The molecule has 0 aliphatic rings. The number of rotatable bonds is 6. The van der Waals surface area contributed by atoms with Crippen molar-refractivity contribution in [3.05, 3.63) is 66.2 Å². The lowest BCUT2D eigenvalue weighted by Gasteiger charge is -2.23. The normalized spacial score (nSPS) is 14.3. The van der Waals surface area contributed by atoms with Crippen LogP contribution in [0.3, 0.4) is 0 Å². The summed E-state index contributed by atoms with van der Waals surface area (Å²) in [5, 5.41) is 0. The molecule has 2 aromatic carbocycles. The van der Waals surface area contributed by atoms with E-state index in [1.165, 1.54) is 19.1 Å². The Bertz CT molecular complexity index is 727. The lowest BCUT2D eigenvalue weighted by atomic mass is 9.93. The van der Waals surface area contributed by atoms with Crippen LogP contribution in [0.5, 0.6) is 0 Å². The van der Waals surface area contributed by atoms with Crippen LogP contribution < -0.4 is 4.72 Å². The first-order chi connectivity index (χ1) is 10.4.